The van der Waals surface area contributed by atoms with E-state index >= 15 is 0 Å². The van der Waals surface area contributed by atoms with Crippen LogP contribution in [0.3, 0.4) is 0 Å². The van der Waals surface area contributed by atoms with E-state index in [-0.39, 0.29) is 0 Å². The van der Waals surface area contributed by atoms with Crippen LogP contribution in [0.2, 0.25) is 0 Å². The maximum absolute atomic E-state index is 4.38. The van der Waals surface area contributed by atoms with Crippen molar-refractivity contribution in [2.45, 2.75) is 19.5 Å². The van der Waals surface area contributed by atoms with Gasteiger partial charge in [0.1, 0.15) is 5.82 Å². The van der Waals surface area contributed by atoms with E-state index in [2.05, 4.69) is 44.5 Å². The number of aromatic nitrogens is 3. The molecule has 0 amide bonds. The van der Waals surface area contributed by atoms with Crippen LogP contribution in [0.5, 0.6) is 0 Å². The first kappa shape index (κ1) is 10.7. The summed E-state index contributed by atoms with van der Waals surface area (Å²) in [6.07, 6.45) is 0. The highest BCUT2D eigenvalue weighted by Crippen LogP contribution is 2.36. The van der Waals surface area contributed by atoms with Crippen molar-refractivity contribution in [1.82, 2.24) is 20.1 Å². The van der Waals surface area contributed by atoms with Crippen LogP contribution in [-0.4, -0.2) is 21.3 Å². The topological polar surface area (TPSA) is 42.7 Å². The molecule has 1 aliphatic rings. The van der Waals surface area contributed by atoms with E-state index in [0.717, 1.165) is 24.7 Å². The van der Waals surface area contributed by atoms with Crippen LogP contribution in [0.25, 0.3) is 20.1 Å². The molecule has 0 saturated carbocycles. The molecule has 18 heavy (non-hydrogen) atoms. The molecule has 4 heterocycles. The zero-order chi connectivity index (χ0) is 12.1. The molecule has 0 bridgehead atoms. The molecule has 0 aromatic carbocycles. The first-order valence-corrected chi connectivity index (χ1v) is 7.66. The van der Waals surface area contributed by atoms with Crippen molar-refractivity contribution in [3.8, 4) is 10.7 Å². The Morgan fingerprint density at radius 2 is 2.33 bits per heavy atom. The van der Waals surface area contributed by atoms with E-state index in [1.165, 1.54) is 14.3 Å². The predicted molar refractivity (Wildman–Crippen MR) is 75.1 cm³/mol. The lowest BCUT2D eigenvalue weighted by atomic mass is 10.2. The SMILES string of the molecule is CC1NCCn2c(-c3cc4sccc4s3)nnc21. The third-order valence-corrected chi connectivity index (χ3v) is 5.40. The van der Waals surface area contributed by atoms with Gasteiger partial charge in [0.05, 0.1) is 10.9 Å². The van der Waals surface area contributed by atoms with E-state index < -0.39 is 0 Å². The normalized spacial score (nSPS) is 19.3. The lowest BCUT2D eigenvalue weighted by Crippen LogP contribution is -2.32. The van der Waals surface area contributed by atoms with Crippen LogP contribution >= 0.6 is 22.7 Å². The molecule has 1 unspecified atom stereocenters. The Bertz CT molecular complexity index is 680. The minimum absolute atomic E-state index is 0.293. The number of nitrogens with one attached hydrogen (secondary N) is 1. The smallest absolute Gasteiger partial charge is 0.174 e. The van der Waals surface area contributed by atoms with Crippen molar-refractivity contribution in [2.24, 2.45) is 0 Å². The van der Waals surface area contributed by atoms with Gasteiger partial charge in [-0.15, -0.1) is 32.9 Å². The Labute approximate surface area is 112 Å². The van der Waals surface area contributed by atoms with Gasteiger partial charge in [-0.25, -0.2) is 0 Å². The summed E-state index contributed by atoms with van der Waals surface area (Å²) in [5, 5.41) is 14.3. The van der Waals surface area contributed by atoms with Crippen molar-refractivity contribution < 1.29 is 0 Å². The highest BCUT2D eigenvalue weighted by Gasteiger charge is 2.22. The minimum atomic E-state index is 0.293. The standard InChI is InChI=1S/C12H12N4S2/c1-7-11-14-15-12(16(11)4-3-13-7)10-6-9-8(18-10)2-5-17-9/h2,5-7,13H,3-4H2,1H3. The zero-order valence-electron chi connectivity index (χ0n) is 9.88. The Hall–Kier alpha value is -1.24. The molecule has 0 saturated heterocycles. The Morgan fingerprint density at radius 3 is 3.22 bits per heavy atom. The number of thiophene rings is 2. The average Bonchev–Trinajstić information content (AvgIpc) is 3.00. The molecular formula is C12H12N4S2. The molecule has 1 aliphatic heterocycles. The van der Waals surface area contributed by atoms with Gasteiger partial charge in [0.15, 0.2) is 5.82 Å². The van der Waals surface area contributed by atoms with Gasteiger partial charge in [0.2, 0.25) is 0 Å². The van der Waals surface area contributed by atoms with Crippen molar-refractivity contribution >= 4 is 32.1 Å². The number of nitrogens with zero attached hydrogens (tertiary/aromatic N) is 3. The fourth-order valence-corrected chi connectivity index (χ4v) is 4.50. The quantitative estimate of drug-likeness (QED) is 0.743. The first-order chi connectivity index (χ1) is 8.83. The van der Waals surface area contributed by atoms with Crippen LogP contribution in [-0.2, 0) is 6.54 Å². The van der Waals surface area contributed by atoms with Crippen LogP contribution in [0.15, 0.2) is 17.5 Å². The molecule has 3 aromatic heterocycles. The van der Waals surface area contributed by atoms with Gasteiger partial charge in [0.25, 0.3) is 0 Å². The third-order valence-electron chi connectivity index (χ3n) is 3.31. The molecule has 0 aliphatic carbocycles. The second-order valence-electron chi connectivity index (χ2n) is 4.47. The van der Waals surface area contributed by atoms with Gasteiger partial charge in [0, 0.05) is 22.5 Å². The summed E-state index contributed by atoms with van der Waals surface area (Å²) in [4.78, 5) is 1.23. The summed E-state index contributed by atoms with van der Waals surface area (Å²) < 4.78 is 4.93. The van der Waals surface area contributed by atoms with E-state index in [1.54, 1.807) is 22.7 Å². The van der Waals surface area contributed by atoms with Crippen LogP contribution in [0, 0.1) is 0 Å². The molecule has 3 aromatic rings. The Kier molecular flexibility index (Phi) is 2.30. The van der Waals surface area contributed by atoms with E-state index in [1.807, 2.05) is 0 Å². The van der Waals surface area contributed by atoms with Crippen molar-refractivity contribution in [3.05, 3.63) is 23.3 Å². The summed E-state index contributed by atoms with van der Waals surface area (Å²) >= 11 is 3.59. The van der Waals surface area contributed by atoms with Crippen molar-refractivity contribution in [2.75, 3.05) is 6.54 Å². The van der Waals surface area contributed by atoms with Gasteiger partial charge in [-0.2, -0.15) is 0 Å². The monoisotopic (exact) mass is 276 g/mol. The maximum atomic E-state index is 4.38. The minimum Gasteiger partial charge on any atom is -0.308 e. The Balaban J connectivity index is 1.87. The lowest BCUT2D eigenvalue weighted by Gasteiger charge is -2.21. The molecule has 4 nitrogen and oxygen atoms in total. The molecular weight excluding hydrogens is 264 g/mol. The number of rotatable bonds is 1. The summed E-state index contributed by atoms with van der Waals surface area (Å²) in [7, 11) is 0. The Morgan fingerprint density at radius 1 is 1.39 bits per heavy atom. The summed E-state index contributed by atoms with van der Waals surface area (Å²) in [6, 6.07) is 4.70. The van der Waals surface area contributed by atoms with Crippen LogP contribution < -0.4 is 5.32 Å². The fourth-order valence-electron chi connectivity index (χ4n) is 2.40. The maximum Gasteiger partial charge on any atom is 0.174 e. The number of fused-ring (bicyclic) bond motifs is 2. The second-order valence-corrected chi connectivity index (χ2v) is 6.50. The van der Waals surface area contributed by atoms with Gasteiger partial charge in [-0.3, -0.25) is 0 Å². The van der Waals surface area contributed by atoms with Crippen molar-refractivity contribution in [1.29, 1.82) is 0 Å². The highest BCUT2D eigenvalue weighted by atomic mass is 32.1. The number of hydrogen-bond donors (Lipinski definition) is 1. The molecule has 1 N–H and O–H groups in total. The molecule has 0 spiro atoms. The molecule has 4 rings (SSSR count). The fraction of sp³-hybridized carbons (Fsp3) is 0.333. The van der Waals surface area contributed by atoms with Gasteiger partial charge < -0.3 is 9.88 Å². The summed E-state index contributed by atoms with van der Waals surface area (Å²) in [5.74, 6) is 2.07. The largest absolute Gasteiger partial charge is 0.308 e. The van der Waals surface area contributed by atoms with Crippen LogP contribution in [0.1, 0.15) is 18.8 Å². The van der Waals surface area contributed by atoms with Gasteiger partial charge >= 0.3 is 0 Å². The summed E-state index contributed by atoms with van der Waals surface area (Å²) in [5.41, 5.74) is 0. The molecule has 1 atom stereocenters. The molecule has 0 radical (unpaired) electrons. The average molecular weight is 276 g/mol. The number of hydrogen-bond acceptors (Lipinski definition) is 5. The molecule has 6 heteroatoms. The first-order valence-electron chi connectivity index (χ1n) is 5.97. The lowest BCUT2D eigenvalue weighted by molar-refractivity contribution is 0.439. The third kappa shape index (κ3) is 1.46. The summed E-state index contributed by atoms with van der Waals surface area (Å²) in [6.45, 7) is 4.07. The molecule has 0 fully saturated rings. The van der Waals surface area contributed by atoms with Crippen molar-refractivity contribution in [3.63, 3.8) is 0 Å². The molecule has 92 valence electrons. The highest BCUT2D eigenvalue weighted by molar-refractivity contribution is 7.28. The van der Waals surface area contributed by atoms with E-state index in [4.69, 9.17) is 0 Å². The second kappa shape index (κ2) is 3.88. The van der Waals surface area contributed by atoms with Gasteiger partial charge in [-0.05, 0) is 24.4 Å². The van der Waals surface area contributed by atoms with E-state index in [0.29, 0.717) is 6.04 Å². The van der Waals surface area contributed by atoms with E-state index in [9.17, 15) is 0 Å². The van der Waals surface area contributed by atoms with Crippen LogP contribution in [0.4, 0.5) is 0 Å². The van der Waals surface area contributed by atoms with Gasteiger partial charge in [-0.1, -0.05) is 0 Å². The zero-order valence-corrected chi connectivity index (χ0v) is 11.5. The predicted octanol–water partition coefficient (Wildman–Crippen LogP) is 2.89.